The molecule has 0 spiro atoms. The van der Waals surface area contributed by atoms with Gasteiger partial charge in [0, 0.05) is 18.2 Å². The molecule has 4 heterocycles. The van der Waals surface area contributed by atoms with E-state index in [0.717, 1.165) is 11.3 Å². The second-order valence-electron chi connectivity index (χ2n) is 8.04. The lowest BCUT2D eigenvalue weighted by atomic mass is 9.96. The van der Waals surface area contributed by atoms with Gasteiger partial charge in [0.2, 0.25) is 0 Å². The Kier molecular flexibility index (Phi) is 3.89. The maximum Gasteiger partial charge on any atom is 0.275 e. The zero-order valence-electron chi connectivity index (χ0n) is 15.2. The Labute approximate surface area is 152 Å². The molecule has 2 saturated heterocycles. The van der Waals surface area contributed by atoms with Gasteiger partial charge in [0.25, 0.3) is 5.91 Å². The predicted molar refractivity (Wildman–Crippen MR) is 97.1 cm³/mol. The fraction of sp³-hybridized carbons (Fsp3) is 0.556. The first kappa shape index (κ1) is 17.5. The van der Waals surface area contributed by atoms with E-state index in [-0.39, 0.29) is 22.8 Å². The first-order valence-corrected chi connectivity index (χ1v) is 10.6. The van der Waals surface area contributed by atoms with E-state index < -0.39 is 22.0 Å². The molecule has 2 atom stereocenters. The number of fused-ring (bicyclic) bond motifs is 2. The monoisotopic (exact) mass is 377 g/mol. The molecule has 8 heteroatoms. The van der Waals surface area contributed by atoms with E-state index in [0.29, 0.717) is 18.8 Å². The summed E-state index contributed by atoms with van der Waals surface area (Å²) in [5, 5.41) is 0. The van der Waals surface area contributed by atoms with E-state index in [1.54, 1.807) is 4.90 Å². The first-order valence-electron chi connectivity index (χ1n) is 8.78. The zero-order valence-corrected chi connectivity index (χ0v) is 16.0. The number of rotatable bonds is 1. The smallest absolute Gasteiger partial charge is 0.275 e. The van der Waals surface area contributed by atoms with Crippen LogP contribution in [0.5, 0.6) is 0 Å². The number of amides is 1. The average Bonchev–Trinajstić information content (AvgIpc) is 3.09. The molecule has 0 N–H and O–H groups in total. The van der Waals surface area contributed by atoms with E-state index >= 15 is 0 Å². The van der Waals surface area contributed by atoms with Crippen molar-refractivity contribution in [1.29, 1.82) is 0 Å². The summed E-state index contributed by atoms with van der Waals surface area (Å²) in [6.07, 6.45) is 1.47. The summed E-state index contributed by atoms with van der Waals surface area (Å²) >= 11 is 0. The lowest BCUT2D eigenvalue weighted by molar-refractivity contribution is -0.0362. The highest BCUT2D eigenvalue weighted by molar-refractivity contribution is 7.91. The van der Waals surface area contributed by atoms with Crippen molar-refractivity contribution in [1.82, 2.24) is 14.3 Å². The maximum atomic E-state index is 13.3. The standard InChI is InChI=1S/C18H23N3O4S/c1-18(2,3)17-19-15(12-6-4-5-7-21(12)17)16(22)20-8-9-25-14-11-26(23,24)10-13(14)20/h4-7,13-14H,8-11H2,1-3H3. The van der Waals surface area contributed by atoms with Crippen LogP contribution >= 0.6 is 0 Å². The molecule has 2 aromatic rings. The number of imidazole rings is 1. The molecule has 0 radical (unpaired) electrons. The van der Waals surface area contributed by atoms with Crippen molar-refractivity contribution in [3.8, 4) is 0 Å². The first-order chi connectivity index (χ1) is 12.2. The molecule has 2 aliphatic heterocycles. The Balaban J connectivity index is 1.77. The van der Waals surface area contributed by atoms with Gasteiger partial charge in [-0.15, -0.1) is 0 Å². The minimum Gasteiger partial charge on any atom is -0.373 e. The van der Waals surface area contributed by atoms with Gasteiger partial charge in [0.15, 0.2) is 15.5 Å². The highest BCUT2D eigenvalue weighted by atomic mass is 32.2. The van der Waals surface area contributed by atoms with E-state index in [9.17, 15) is 13.2 Å². The molecular formula is C18H23N3O4S. The molecule has 7 nitrogen and oxygen atoms in total. The largest absolute Gasteiger partial charge is 0.373 e. The van der Waals surface area contributed by atoms with Gasteiger partial charge in [-0.05, 0) is 12.1 Å². The van der Waals surface area contributed by atoms with Crippen molar-refractivity contribution < 1.29 is 17.9 Å². The van der Waals surface area contributed by atoms with Gasteiger partial charge in [-0.3, -0.25) is 4.79 Å². The Morgan fingerprint density at radius 3 is 2.77 bits per heavy atom. The summed E-state index contributed by atoms with van der Waals surface area (Å²) in [6, 6.07) is 5.23. The van der Waals surface area contributed by atoms with Crippen molar-refractivity contribution in [3.63, 3.8) is 0 Å². The summed E-state index contributed by atoms with van der Waals surface area (Å²) in [6.45, 7) is 6.89. The Hall–Kier alpha value is -1.93. The third kappa shape index (κ3) is 2.81. The predicted octanol–water partition coefficient (Wildman–Crippen LogP) is 1.27. The second kappa shape index (κ2) is 5.79. The van der Waals surface area contributed by atoms with Crippen LogP contribution in [0, 0.1) is 0 Å². The molecule has 26 heavy (non-hydrogen) atoms. The van der Waals surface area contributed by atoms with Crippen molar-refractivity contribution in [3.05, 3.63) is 35.9 Å². The van der Waals surface area contributed by atoms with Gasteiger partial charge in [-0.25, -0.2) is 13.4 Å². The Morgan fingerprint density at radius 1 is 1.27 bits per heavy atom. The molecular weight excluding hydrogens is 354 g/mol. The lowest BCUT2D eigenvalue weighted by Gasteiger charge is -2.36. The minimum atomic E-state index is -3.18. The molecule has 0 saturated carbocycles. The van der Waals surface area contributed by atoms with Gasteiger partial charge >= 0.3 is 0 Å². The topological polar surface area (TPSA) is 81.0 Å². The molecule has 2 unspecified atom stereocenters. The third-order valence-electron chi connectivity index (χ3n) is 5.02. The molecule has 0 aliphatic carbocycles. The number of morpholine rings is 1. The molecule has 1 amide bonds. The SMILES string of the molecule is CC(C)(C)c1nc(C(=O)N2CCOC3CS(=O)(=O)CC32)c2ccccn12. The van der Waals surface area contributed by atoms with Crippen molar-refractivity contribution >= 4 is 21.3 Å². The van der Waals surface area contributed by atoms with Crippen molar-refractivity contribution in [2.24, 2.45) is 0 Å². The molecule has 2 fully saturated rings. The summed E-state index contributed by atoms with van der Waals surface area (Å²) < 4.78 is 31.6. The van der Waals surface area contributed by atoms with Crippen molar-refractivity contribution in [2.45, 2.75) is 38.3 Å². The van der Waals surface area contributed by atoms with Crippen LogP contribution in [0.2, 0.25) is 0 Å². The van der Waals surface area contributed by atoms with Gasteiger partial charge in [-0.2, -0.15) is 0 Å². The van der Waals surface area contributed by atoms with Crippen LogP contribution in [0.3, 0.4) is 0 Å². The van der Waals surface area contributed by atoms with Crippen LogP contribution in [-0.4, -0.2) is 65.4 Å². The minimum absolute atomic E-state index is 0.0153. The van der Waals surface area contributed by atoms with E-state index in [1.807, 2.05) is 28.8 Å². The zero-order chi connectivity index (χ0) is 18.7. The number of hydrogen-bond donors (Lipinski definition) is 0. The van der Waals surface area contributed by atoms with Gasteiger partial charge in [0.1, 0.15) is 5.82 Å². The summed E-state index contributed by atoms with van der Waals surface area (Å²) in [7, 11) is -3.18. The molecule has 0 bridgehead atoms. The Bertz CT molecular complexity index is 974. The number of hydrogen-bond acceptors (Lipinski definition) is 5. The second-order valence-corrected chi connectivity index (χ2v) is 10.2. The Morgan fingerprint density at radius 2 is 2.04 bits per heavy atom. The number of aromatic nitrogens is 2. The number of carbonyl (C=O) groups excluding carboxylic acids is 1. The quantitative estimate of drug-likeness (QED) is 0.748. The van der Waals surface area contributed by atoms with Crippen LogP contribution < -0.4 is 0 Å². The van der Waals surface area contributed by atoms with Crippen LogP contribution in [0.4, 0.5) is 0 Å². The average molecular weight is 377 g/mol. The molecule has 140 valence electrons. The maximum absolute atomic E-state index is 13.3. The van der Waals surface area contributed by atoms with Crippen LogP contribution in [0.15, 0.2) is 24.4 Å². The number of sulfone groups is 1. The van der Waals surface area contributed by atoms with Gasteiger partial charge < -0.3 is 14.0 Å². The lowest BCUT2D eigenvalue weighted by Crippen LogP contribution is -2.53. The summed E-state index contributed by atoms with van der Waals surface area (Å²) in [5.41, 5.74) is 0.888. The number of ether oxygens (including phenoxy) is 1. The van der Waals surface area contributed by atoms with Crippen LogP contribution in [0.1, 0.15) is 37.1 Å². The number of carbonyl (C=O) groups is 1. The van der Waals surface area contributed by atoms with Crippen LogP contribution in [0.25, 0.3) is 5.52 Å². The highest BCUT2D eigenvalue weighted by Gasteiger charge is 2.46. The molecule has 2 aliphatic rings. The normalized spacial score (nSPS) is 25.4. The summed E-state index contributed by atoms with van der Waals surface area (Å²) in [5.74, 6) is 0.528. The van der Waals surface area contributed by atoms with Gasteiger partial charge in [0.05, 0.1) is 35.8 Å². The molecule has 2 aromatic heterocycles. The van der Waals surface area contributed by atoms with Gasteiger partial charge in [-0.1, -0.05) is 26.8 Å². The fourth-order valence-corrected chi connectivity index (χ4v) is 5.70. The van der Waals surface area contributed by atoms with Crippen LogP contribution in [-0.2, 0) is 20.0 Å². The fourth-order valence-electron chi connectivity index (χ4n) is 3.83. The van der Waals surface area contributed by atoms with E-state index in [2.05, 4.69) is 25.8 Å². The van der Waals surface area contributed by atoms with E-state index in [1.165, 1.54) is 0 Å². The van der Waals surface area contributed by atoms with E-state index in [4.69, 9.17) is 4.74 Å². The number of pyridine rings is 1. The highest BCUT2D eigenvalue weighted by Crippen LogP contribution is 2.29. The van der Waals surface area contributed by atoms with Crippen molar-refractivity contribution in [2.75, 3.05) is 24.7 Å². The number of nitrogens with zero attached hydrogens (tertiary/aromatic N) is 3. The molecule has 0 aromatic carbocycles. The molecule has 4 rings (SSSR count). The summed E-state index contributed by atoms with van der Waals surface area (Å²) in [4.78, 5) is 19.6. The third-order valence-corrected chi connectivity index (χ3v) is 6.70.